The number of rotatable bonds is 3. The van der Waals surface area contributed by atoms with Crippen LogP contribution in [-0.4, -0.2) is 35.1 Å². The predicted molar refractivity (Wildman–Crippen MR) is 83.4 cm³/mol. The van der Waals surface area contributed by atoms with Crippen LogP contribution in [0.1, 0.15) is 16.1 Å². The maximum Gasteiger partial charge on any atom is 0.273 e. The fourth-order valence-electron chi connectivity index (χ4n) is 1.72. The number of nitrogen functional groups attached to an aromatic ring is 1. The van der Waals surface area contributed by atoms with Gasteiger partial charge in [0.15, 0.2) is 11.4 Å². The number of aromatic nitrogens is 2. The van der Waals surface area contributed by atoms with E-state index in [2.05, 4.69) is 26.1 Å². The Morgan fingerprint density at radius 2 is 2.00 bits per heavy atom. The van der Waals surface area contributed by atoms with Crippen LogP contribution < -0.4 is 10.5 Å². The van der Waals surface area contributed by atoms with E-state index in [1.807, 2.05) is 13.0 Å². The van der Waals surface area contributed by atoms with Crippen molar-refractivity contribution in [3.8, 4) is 11.6 Å². The summed E-state index contributed by atoms with van der Waals surface area (Å²) in [7, 11) is 3.31. The molecule has 6 nitrogen and oxygen atoms in total. The lowest BCUT2D eigenvalue weighted by Gasteiger charge is -2.12. The highest BCUT2D eigenvalue weighted by atomic mass is 79.9. The third-order valence-corrected chi connectivity index (χ3v) is 3.20. The molecule has 0 saturated heterocycles. The predicted octanol–water partition coefficient (Wildman–Crippen LogP) is 2.62. The smallest absolute Gasteiger partial charge is 0.273 e. The number of carbonyl (C=O) groups excluding carboxylic acids is 1. The minimum Gasteiger partial charge on any atom is -0.435 e. The highest BCUT2D eigenvalue weighted by Gasteiger charge is 2.12. The number of benzene rings is 1. The minimum atomic E-state index is -0.214. The van der Waals surface area contributed by atoms with E-state index in [0.717, 1.165) is 10.0 Å². The molecule has 0 saturated carbocycles. The quantitative estimate of drug-likeness (QED) is 0.860. The van der Waals surface area contributed by atoms with Gasteiger partial charge in [0, 0.05) is 24.6 Å². The Bertz CT molecular complexity index is 648. The lowest BCUT2D eigenvalue weighted by Crippen LogP contribution is -2.23. The Morgan fingerprint density at radius 1 is 1.29 bits per heavy atom. The van der Waals surface area contributed by atoms with E-state index in [9.17, 15) is 4.79 Å². The Labute approximate surface area is 131 Å². The molecule has 110 valence electrons. The number of nitrogens with zero attached hydrogens (tertiary/aromatic N) is 3. The molecule has 0 fully saturated rings. The second-order valence-corrected chi connectivity index (χ2v) is 5.62. The van der Waals surface area contributed by atoms with Gasteiger partial charge < -0.3 is 15.4 Å². The first-order valence-corrected chi connectivity index (χ1v) is 6.96. The number of ether oxygens (including phenoxy) is 1. The van der Waals surface area contributed by atoms with Gasteiger partial charge in [0.2, 0.25) is 5.88 Å². The Kier molecular flexibility index (Phi) is 4.42. The molecule has 0 aliphatic carbocycles. The van der Waals surface area contributed by atoms with Crippen molar-refractivity contribution in [3.63, 3.8) is 0 Å². The first-order valence-electron chi connectivity index (χ1n) is 6.17. The SMILES string of the molecule is Cc1cc(Br)cc(N)c1Oc1ccc(C(=O)N(C)C)nn1. The van der Waals surface area contributed by atoms with Crippen molar-refractivity contribution in [2.45, 2.75) is 6.92 Å². The summed E-state index contributed by atoms with van der Waals surface area (Å²) in [4.78, 5) is 13.1. The lowest BCUT2D eigenvalue weighted by molar-refractivity contribution is 0.0820. The summed E-state index contributed by atoms with van der Waals surface area (Å²) in [6, 6.07) is 6.79. The molecule has 2 N–H and O–H groups in total. The van der Waals surface area contributed by atoms with Gasteiger partial charge in [0.1, 0.15) is 0 Å². The lowest BCUT2D eigenvalue weighted by atomic mass is 10.2. The van der Waals surface area contributed by atoms with Crippen LogP contribution in [0.15, 0.2) is 28.7 Å². The van der Waals surface area contributed by atoms with E-state index < -0.39 is 0 Å². The highest BCUT2D eigenvalue weighted by Crippen LogP contribution is 2.32. The summed E-state index contributed by atoms with van der Waals surface area (Å²) in [5.41, 5.74) is 7.55. The van der Waals surface area contributed by atoms with Crippen molar-refractivity contribution in [2.24, 2.45) is 0 Å². The number of halogens is 1. The number of carbonyl (C=O) groups is 1. The van der Waals surface area contributed by atoms with Crippen LogP contribution >= 0.6 is 15.9 Å². The minimum absolute atomic E-state index is 0.214. The number of hydrogen-bond acceptors (Lipinski definition) is 5. The maximum absolute atomic E-state index is 11.7. The van der Waals surface area contributed by atoms with Gasteiger partial charge >= 0.3 is 0 Å². The van der Waals surface area contributed by atoms with Gasteiger partial charge in [-0.1, -0.05) is 15.9 Å². The van der Waals surface area contributed by atoms with E-state index in [1.165, 1.54) is 4.90 Å². The van der Waals surface area contributed by atoms with E-state index in [1.54, 1.807) is 32.3 Å². The van der Waals surface area contributed by atoms with Crippen molar-refractivity contribution in [1.82, 2.24) is 15.1 Å². The molecule has 1 heterocycles. The molecule has 1 aromatic carbocycles. The van der Waals surface area contributed by atoms with Gasteiger partial charge in [0.25, 0.3) is 5.91 Å². The van der Waals surface area contributed by atoms with E-state index in [-0.39, 0.29) is 17.5 Å². The number of hydrogen-bond donors (Lipinski definition) is 1. The molecule has 21 heavy (non-hydrogen) atoms. The highest BCUT2D eigenvalue weighted by molar-refractivity contribution is 9.10. The second-order valence-electron chi connectivity index (χ2n) is 4.70. The topological polar surface area (TPSA) is 81.3 Å². The normalized spacial score (nSPS) is 10.3. The van der Waals surface area contributed by atoms with Crippen LogP contribution in [0.3, 0.4) is 0 Å². The molecule has 7 heteroatoms. The molecule has 0 aliphatic rings. The molecule has 1 aromatic heterocycles. The summed E-state index contributed by atoms with van der Waals surface area (Å²) < 4.78 is 6.52. The largest absolute Gasteiger partial charge is 0.435 e. The van der Waals surface area contributed by atoms with E-state index in [0.29, 0.717) is 11.4 Å². The van der Waals surface area contributed by atoms with E-state index >= 15 is 0 Å². The molecule has 0 unspecified atom stereocenters. The van der Waals surface area contributed by atoms with Crippen LogP contribution in [0.2, 0.25) is 0 Å². The third kappa shape index (κ3) is 3.49. The van der Waals surface area contributed by atoms with Gasteiger partial charge in [0.05, 0.1) is 5.69 Å². The Hall–Kier alpha value is -2.15. The van der Waals surface area contributed by atoms with Gasteiger partial charge in [-0.3, -0.25) is 4.79 Å². The average Bonchev–Trinajstić information content (AvgIpc) is 2.42. The molecule has 0 atom stereocenters. The van der Waals surface area contributed by atoms with Crippen LogP contribution in [0, 0.1) is 6.92 Å². The van der Waals surface area contributed by atoms with Crippen molar-refractivity contribution < 1.29 is 9.53 Å². The van der Waals surface area contributed by atoms with Crippen molar-refractivity contribution in [2.75, 3.05) is 19.8 Å². The molecular weight excluding hydrogens is 336 g/mol. The summed E-state index contributed by atoms with van der Waals surface area (Å²) in [6.45, 7) is 1.88. The molecular formula is C14H15BrN4O2. The molecule has 0 bridgehead atoms. The zero-order valence-electron chi connectivity index (χ0n) is 11.9. The Balaban J connectivity index is 2.24. The van der Waals surface area contributed by atoms with Gasteiger partial charge in [-0.15, -0.1) is 10.2 Å². The number of aryl methyl sites for hydroxylation is 1. The Morgan fingerprint density at radius 3 is 2.52 bits per heavy atom. The van der Waals surface area contributed by atoms with Gasteiger partial charge in [-0.2, -0.15) is 0 Å². The molecule has 1 amide bonds. The van der Waals surface area contributed by atoms with Crippen molar-refractivity contribution >= 4 is 27.5 Å². The van der Waals surface area contributed by atoms with Crippen molar-refractivity contribution in [1.29, 1.82) is 0 Å². The monoisotopic (exact) mass is 350 g/mol. The van der Waals surface area contributed by atoms with Crippen LogP contribution in [0.25, 0.3) is 0 Å². The summed E-state index contributed by atoms with van der Waals surface area (Å²) >= 11 is 3.37. The molecule has 2 rings (SSSR count). The second kappa shape index (κ2) is 6.09. The number of anilines is 1. The first kappa shape index (κ1) is 15.2. The fraction of sp³-hybridized carbons (Fsp3) is 0.214. The molecule has 0 spiro atoms. The zero-order chi connectivity index (χ0) is 15.6. The summed E-state index contributed by atoms with van der Waals surface area (Å²) in [5, 5.41) is 7.75. The fourth-order valence-corrected chi connectivity index (χ4v) is 2.31. The average molecular weight is 351 g/mol. The number of nitrogens with two attached hydrogens (primary N) is 1. The van der Waals surface area contributed by atoms with Crippen LogP contribution in [-0.2, 0) is 0 Å². The number of amides is 1. The third-order valence-electron chi connectivity index (χ3n) is 2.74. The zero-order valence-corrected chi connectivity index (χ0v) is 13.5. The standard InChI is InChI=1S/C14H15BrN4O2/c1-8-6-9(15)7-10(16)13(8)21-12-5-4-11(17-18-12)14(20)19(2)3/h4-7H,16H2,1-3H3. The van der Waals surface area contributed by atoms with Gasteiger partial charge in [-0.25, -0.2) is 0 Å². The van der Waals surface area contributed by atoms with Gasteiger partial charge in [-0.05, 0) is 30.7 Å². The molecule has 0 aliphatic heterocycles. The summed E-state index contributed by atoms with van der Waals surface area (Å²) in [6.07, 6.45) is 0. The maximum atomic E-state index is 11.7. The van der Waals surface area contributed by atoms with Crippen LogP contribution in [0.5, 0.6) is 11.6 Å². The molecule has 0 radical (unpaired) electrons. The van der Waals surface area contributed by atoms with Crippen LogP contribution in [0.4, 0.5) is 5.69 Å². The van der Waals surface area contributed by atoms with E-state index in [4.69, 9.17) is 10.5 Å². The summed E-state index contributed by atoms with van der Waals surface area (Å²) in [5.74, 6) is 0.593. The first-order chi connectivity index (χ1) is 9.88. The molecule has 2 aromatic rings. The van der Waals surface area contributed by atoms with Crippen molar-refractivity contribution in [3.05, 3.63) is 40.0 Å².